The van der Waals surface area contributed by atoms with Crippen LogP contribution >= 0.6 is 0 Å². The Bertz CT molecular complexity index is 698. The average Bonchev–Trinajstić information content (AvgIpc) is 3.03. The number of hydrogen-bond donors (Lipinski definition) is 1. The number of nitrogens with zero attached hydrogens (tertiary/aromatic N) is 3. The summed E-state index contributed by atoms with van der Waals surface area (Å²) in [6, 6.07) is 4.96. The van der Waals surface area contributed by atoms with Crippen LogP contribution in [0.4, 0.5) is 11.4 Å². The monoisotopic (exact) mass is 318 g/mol. The van der Waals surface area contributed by atoms with Crippen LogP contribution in [0.5, 0.6) is 0 Å². The first-order chi connectivity index (χ1) is 11.0. The van der Waals surface area contributed by atoms with E-state index in [1.54, 1.807) is 19.2 Å². The van der Waals surface area contributed by atoms with Crippen molar-refractivity contribution in [1.29, 1.82) is 0 Å². The molecule has 122 valence electrons. The Balaban J connectivity index is 2.08. The van der Waals surface area contributed by atoms with E-state index in [2.05, 4.69) is 15.2 Å². The molecule has 0 fully saturated rings. The molecule has 2 rings (SSSR count). The van der Waals surface area contributed by atoms with Crippen molar-refractivity contribution in [2.75, 3.05) is 19.0 Å². The van der Waals surface area contributed by atoms with Gasteiger partial charge in [-0.25, -0.2) is 4.79 Å². The van der Waals surface area contributed by atoms with E-state index in [0.29, 0.717) is 17.8 Å². The van der Waals surface area contributed by atoms with Crippen LogP contribution in [-0.4, -0.2) is 34.3 Å². The summed E-state index contributed by atoms with van der Waals surface area (Å²) in [5, 5.41) is 18.4. The Labute approximate surface area is 133 Å². The molecule has 8 nitrogen and oxygen atoms in total. The predicted molar refractivity (Wildman–Crippen MR) is 84.5 cm³/mol. The molecule has 0 spiro atoms. The minimum Gasteiger partial charge on any atom is -0.465 e. The number of anilines is 1. The normalized spacial score (nSPS) is 10.3. The van der Waals surface area contributed by atoms with Gasteiger partial charge < -0.3 is 10.1 Å². The van der Waals surface area contributed by atoms with E-state index >= 15 is 0 Å². The summed E-state index contributed by atoms with van der Waals surface area (Å²) in [4.78, 5) is 22.3. The number of benzene rings is 1. The molecule has 0 saturated heterocycles. The van der Waals surface area contributed by atoms with Gasteiger partial charge in [-0.2, -0.15) is 5.10 Å². The number of rotatable bonds is 7. The lowest BCUT2D eigenvalue weighted by Gasteiger charge is -2.10. The smallest absolute Gasteiger partial charge is 0.344 e. The molecule has 0 aliphatic heterocycles. The van der Waals surface area contributed by atoms with Crippen LogP contribution in [0, 0.1) is 17.0 Å². The fourth-order valence-electron chi connectivity index (χ4n) is 2.30. The van der Waals surface area contributed by atoms with E-state index in [4.69, 9.17) is 0 Å². The molecule has 0 radical (unpaired) electrons. The van der Waals surface area contributed by atoms with Gasteiger partial charge in [-0.3, -0.25) is 14.8 Å². The lowest BCUT2D eigenvalue weighted by Crippen LogP contribution is -2.11. The summed E-state index contributed by atoms with van der Waals surface area (Å²) in [5.41, 5.74) is 0.785. The number of aromatic nitrogens is 2. The first kappa shape index (κ1) is 16.5. The number of hydrogen-bond acceptors (Lipinski definition) is 6. The summed E-state index contributed by atoms with van der Waals surface area (Å²) >= 11 is 0. The molecule has 1 N–H and O–H groups in total. The van der Waals surface area contributed by atoms with Crippen LogP contribution in [0.25, 0.3) is 0 Å². The van der Waals surface area contributed by atoms with Crippen molar-refractivity contribution in [3.63, 3.8) is 0 Å². The maximum Gasteiger partial charge on any atom is 0.344 e. The molecule has 23 heavy (non-hydrogen) atoms. The fourth-order valence-corrected chi connectivity index (χ4v) is 2.30. The van der Waals surface area contributed by atoms with Crippen molar-refractivity contribution in [2.45, 2.75) is 19.9 Å². The van der Waals surface area contributed by atoms with Gasteiger partial charge in [0.1, 0.15) is 5.56 Å². The third kappa shape index (κ3) is 4.06. The molecule has 8 heteroatoms. The molecule has 1 aromatic heterocycles. The van der Waals surface area contributed by atoms with Gasteiger partial charge in [-0.1, -0.05) is 0 Å². The minimum absolute atomic E-state index is 0.0490. The van der Waals surface area contributed by atoms with Crippen molar-refractivity contribution >= 4 is 17.3 Å². The van der Waals surface area contributed by atoms with Crippen molar-refractivity contribution in [3.05, 3.63) is 51.8 Å². The summed E-state index contributed by atoms with van der Waals surface area (Å²) in [7, 11) is 1.20. The highest BCUT2D eigenvalue weighted by molar-refractivity contribution is 5.95. The molecule has 1 heterocycles. The third-order valence-corrected chi connectivity index (χ3v) is 3.34. The Hall–Kier alpha value is -2.90. The highest BCUT2D eigenvalue weighted by Crippen LogP contribution is 2.28. The molecule has 1 aromatic carbocycles. The third-order valence-electron chi connectivity index (χ3n) is 3.34. The second-order valence-corrected chi connectivity index (χ2v) is 4.99. The fraction of sp³-hybridized carbons (Fsp3) is 0.333. The molecule has 0 saturated carbocycles. The van der Waals surface area contributed by atoms with Crippen molar-refractivity contribution in [1.82, 2.24) is 9.78 Å². The zero-order chi connectivity index (χ0) is 16.8. The molecule has 0 aliphatic rings. The van der Waals surface area contributed by atoms with Crippen LogP contribution in [0.1, 0.15) is 22.3 Å². The van der Waals surface area contributed by atoms with Gasteiger partial charge in [-0.05, 0) is 31.5 Å². The van der Waals surface area contributed by atoms with E-state index in [1.165, 1.54) is 13.2 Å². The van der Waals surface area contributed by atoms with Crippen molar-refractivity contribution in [3.8, 4) is 0 Å². The Morgan fingerprint density at radius 2 is 2.26 bits per heavy atom. The highest BCUT2D eigenvalue weighted by atomic mass is 16.6. The molecule has 2 aromatic rings. The van der Waals surface area contributed by atoms with Gasteiger partial charge in [0.2, 0.25) is 0 Å². The molecule has 0 unspecified atom stereocenters. The van der Waals surface area contributed by atoms with Gasteiger partial charge in [-0.15, -0.1) is 0 Å². The SMILES string of the molecule is COC(=O)c1cc(NCCCn2cccn2)cc(C)c1[N+](=O)[O-]. The molecule has 0 amide bonds. The first-order valence-corrected chi connectivity index (χ1v) is 7.11. The number of methoxy groups -OCH3 is 1. The van der Waals surface area contributed by atoms with E-state index in [0.717, 1.165) is 13.0 Å². The van der Waals surface area contributed by atoms with Crippen molar-refractivity contribution in [2.24, 2.45) is 0 Å². The number of nitro benzene ring substituents is 1. The van der Waals surface area contributed by atoms with Gasteiger partial charge in [0.15, 0.2) is 0 Å². The molecule has 0 aliphatic carbocycles. The summed E-state index contributed by atoms with van der Waals surface area (Å²) in [5.74, 6) is -0.722. The van der Waals surface area contributed by atoms with Crippen molar-refractivity contribution < 1.29 is 14.5 Å². The van der Waals surface area contributed by atoms with E-state index in [9.17, 15) is 14.9 Å². The number of carbonyl (C=O) groups excluding carboxylic acids is 1. The Kier molecular flexibility index (Phi) is 5.29. The second kappa shape index (κ2) is 7.39. The summed E-state index contributed by atoms with van der Waals surface area (Å²) in [6.45, 7) is 3.01. The minimum atomic E-state index is -0.722. The largest absolute Gasteiger partial charge is 0.465 e. The van der Waals surface area contributed by atoms with Gasteiger partial charge in [0.05, 0.1) is 12.0 Å². The Morgan fingerprint density at radius 3 is 2.87 bits per heavy atom. The quantitative estimate of drug-likeness (QED) is 0.364. The van der Waals surface area contributed by atoms with E-state index < -0.39 is 10.9 Å². The van der Waals surface area contributed by atoms with Crippen LogP contribution in [0.15, 0.2) is 30.6 Å². The lowest BCUT2D eigenvalue weighted by molar-refractivity contribution is -0.385. The van der Waals surface area contributed by atoms with E-state index in [1.807, 2.05) is 16.9 Å². The zero-order valence-electron chi connectivity index (χ0n) is 13.0. The number of carbonyl (C=O) groups is 1. The van der Waals surface area contributed by atoms with Crippen LogP contribution in [0.2, 0.25) is 0 Å². The summed E-state index contributed by atoms with van der Waals surface area (Å²) in [6.07, 6.45) is 4.42. The standard InChI is InChI=1S/C15H18N4O4/c1-11-9-12(16-5-3-7-18-8-4-6-17-18)10-13(15(20)23-2)14(11)19(21)22/h4,6,8-10,16H,3,5,7H2,1-2H3. The highest BCUT2D eigenvalue weighted by Gasteiger charge is 2.24. The molecule has 0 bridgehead atoms. The number of esters is 1. The molecular formula is C15H18N4O4. The predicted octanol–water partition coefficient (Wildman–Crippen LogP) is 2.39. The van der Waals surface area contributed by atoms with Gasteiger partial charge >= 0.3 is 5.97 Å². The topological polar surface area (TPSA) is 99.3 Å². The molecule has 0 atom stereocenters. The maximum absolute atomic E-state index is 11.8. The lowest BCUT2D eigenvalue weighted by atomic mass is 10.1. The van der Waals surface area contributed by atoms with Crippen LogP contribution < -0.4 is 5.32 Å². The zero-order valence-corrected chi connectivity index (χ0v) is 13.0. The molecular weight excluding hydrogens is 300 g/mol. The number of aryl methyl sites for hydroxylation is 2. The van der Waals surface area contributed by atoms with Gasteiger partial charge in [0.25, 0.3) is 5.69 Å². The van der Waals surface area contributed by atoms with E-state index in [-0.39, 0.29) is 11.3 Å². The summed E-state index contributed by atoms with van der Waals surface area (Å²) < 4.78 is 6.45. The number of ether oxygens (including phenoxy) is 1. The number of nitro groups is 1. The second-order valence-electron chi connectivity index (χ2n) is 4.99. The Morgan fingerprint density at radius 1 is 1.48 bits per heavy atom. The maximum atomic E-state index is 11.8. The average molecular weight is 318 g/mol. The van der Waals surface area contributed by atoms with Gasteiger partial charge in [0, 0.05) is 36.7 Å². The van der Waals surface area contributed by atoms with Crippen LogP contribution in [-0.2, 0) is 11.3 Å². The van der Waals surface area contributed by atoms with Crippen LogP contribution in [0.3, 0.4) is 0 Å². The number of nitrogens with one attached hydrogen (secondary N) is 1. The first-order valence-electron chi connectivity index (χ1n) is 7.11.